The number of benzene rings is 1. The Kier molecular flexibility index (Phi) is 5.22. The highest BCUT2D eigenvalue weighted by Crippen LogP contribution is 2.28. The van der Waals surface area contributed by atoms with E-state index in [0.717, 1.165) is 12.0 Å². The van der Waals surface area contributed by atoms with Crippen molar-refractivity contribution in [3.05, 3.63) is 33.9 Å². The van der Waals surface area contributed by atoms with Gasteiger partial charge in [0, 0.05) is 11.9 Å². The highest BCUT2D eigenvalue weighted by Gasteiger charge is 2.15. The molecule has 0 aliphatic carbocycles. The molecule has 1 rings (SSSR count). The van der Waals surface area contributed by atoms with Crippen LogP contribution in [0.2, 0.25) is 0 Å². The fourth-order valence-corrected chi connectivity index (χ4v) is 1.48. The van der Waals surface area contributed by atoms with Gasteiger partial charge in [0.15, 0.2) is 5.75 Å². The molecular weight excluding hydrogens is 242 g/mol. The van der Waals surface area contributed by atoms with Gasteiger partial charge in [0.25, 0.3) is 0 Å². The summed E-state index contributed by atoms with van der Waals surface area (Å²) in [5.41, 5.74) is 0.696. The molecule has 5 heteroatoms. The van der Waals surface area contributed by atoms with Gasteiger partial charge in [-0.15, -0.1) is 11.6 Å². The average molecular weight is 258 g/mol. The molecule has 0 atom stereocenters. The Morgan fingerprint density at radius 1 is 1.47 bits per heavy atom. The Bertz CT molecular complexity index is 393. The number of alkyl halides is 1. The van der Waals surface area contributed by atoms with Crippen LogP contribution in [0.4, 0.5) is 5.69 Å². The molecule has 0 spiro atoms. The van der Waals surface area contributed by atoms with Gasteiger partial charge in [-0.1, -0.05) is 19.9 Å². The van der Waals surface area contributed by atoms with Gasteiger partial charge >= 0.3 is 5.69 Å². The van der Waals surface area contributed by atoms with E-state index in [1.54, 1.807) is 12.1 Å². The van der Waals surface area contributed by atoms with Crippen LogP contribution in [-0.4, -0.2) is 11.5 Å². The average Bonchev–Trinajstić information content (AvgIpc) is 2.28. The van der Waals surface area contributed by atoms with E-state index in [4.69, 9.17) is 16.3 Å². The van der Waals surface area contributed by atoms with Crippen LogP contribution in [0.25, 0.3) is 0 Å². The van der Waals surface area contributed by atoms with E-state index in [0.29, 0.717) is 18.3 Å². The minimum Gasteiger partial charge on any atom is -0.487 e. The monoisotopic (exact) mass is 257 g/mol. The van der Waals surface area contributed by atoms with E-state index in [1.165, 1.54) is 6.07 Å². The van der Waals surface area contributed by atoms with Crippen molar-refractivity contribution in [2.45, 2.75) is 26.1 Å². The van der Waals surface area contributed by atoms with Crippen LogP contribution >= 0.6 is 11.6 Å². The van der Waals surface area contributed by atoms with Crippen molar-refractivity contribution in [2.24, 2.45) is 5.92 Å². The summed E-state index contributed by atoms with van der Waals surface area (Å²) in [6, 6.07) is 4.80. The van der Waals surface area contributed by atoms with Crippen LogP contribution in [0, 0.1) is 16.0 Å². The largest absolute Gasteiger partial charge is 0.487 e. The minimum atomic E-state index is -0.444. The van der Waals surface area contributed by atoms with Crippen molar-refractivity contribution in [3.63, 3.8) is 0 Å². The van der Waals surface area contributed by atoms with Gasteiger partial charge in [0.05, 0.1) is 11.5 Å². The molecule has 0 aliphatic rings. The Balaban J connectivity index is 2.80. The molecule has 0 aromatic heterocycles. The van der Waals surface area contributed by atoms with E-state index < -0.39 is 4.92 Å². The number of nitro groups is 1. The van der Waals surface area contributed by atoms with Crippen molar-refractivity contribution < 1.29 is 9.66 Å². The van der Waals surface area contributed by atoms with Gasteiger partial charge in [-0.05, 0) is 24.0 Å². The molecule has 0 unspecified atom stereocenters. The molecule has 94 valence electrons. The second kappa shape index (κ2) is 6.45. The fraction of sp³-hybridized carbons (Fsp3) is 0.500. The van der Waals surface area contributed by atoms with Crippen molar-refractivity contribution >= 4 is 17.3 Å². The first-order valence-corrected chi connectivity index (χ1v) is 6.04. The van der Waals surface area contributed by atoms with Crippen LogP contribution in [-0.2, 0) is 5.88 Å². The van der Waals surface area contributed by atoms with Gasteiger partial charge in [0.2, 0.25) is 0 Å². The van der Waals surface area contributed by atoms with Crippen molar-refractivity contribution in [2.75, 3.05) is 6.61 Å². The van der Waals surface area contributed by atoms with E-state index in [1.807, 2.05) is 0 Å². The lowest BCUT2D eigenvalue weighted by Gasteiger charge is -2.09. The van der Waals surface area contributed by atoms with Gasteiger partial charge < -0.3 is 4.74 Å². The quantitative estimate of drug-likeness (QED) is 0.443. The predicted octanol–water partition coefficient (Wildman–Crippen LogP) is 3.76. The number of hydrogen-bond donors (Lipinski definition) is 0. The van der Waals surface area contributed by atoms with E-state index in [9.17, 15) is 10.1 Å². The third kappa shape index (κ3) is 4.23. The molecule has 1 aromatic carbocycles. The first-order chi connectivity index (χ1) is 8.04. The molecule has 0 saturated heterocycles. The van der Waals surface area contributed by atoms with Crippen LogP contribution in [0.5, 0.6) is 5.75 Å². The van der Waals surface area contributed by atoms with E-state index in [2.05, 4.69) is 13.8 Å². The van der Waals surface area contributed by atoms with Crippen molar-refractivity contribution in [1.82, 2.24) is 0 Å². The smallest absolute Gasteiger partial charge is 0.311 e. The Hall–Kier alpha value is -1.29. The zero-order valence-electron chi connectivity index (χ0n) is 9.98. The molecule has 0 saturated carbocycles. The molecule has 0 aliphatic heterocycles. The van der Waals surface area contributed by atoms with Crippen molar-refractivity contribution in [1.29, 1.82) is 0 Å². The van der Waals surface area contributed by atoms with Crippen LogP contribution in [0.1, 0.15) is 25.8 Å². The topological polar surface area (TPSA) is 52.4 Å². The number of ether oxygens (including phenoxy) is 1. The zero-order chi connectivity index (χ0) is 12.8. The lowest BCUT2D eigenvalue weighted by Crippen LogP contribution is -2.03. The lowest BCUT2D eigenvalue weighted by molar-refractivity contribution is -0.385. The predicted molar refractivity (Wildman–Crippen MR) is 67.6 cm³/mol. The maximum absolute atomic E-state index is 10.9. The van der Waals surface area contributed by atoms with Crippen LogP contribution < -0.4 is 4.74 Å². The minimum absolute atomic E-state index is 0.0214. The number of nitro benzene ring substituents is 1. The normalized spacial score (nSPS) is 10.6. The molecule has 17 heavy (non-hydrogen) atoms. The SMILES string of the molecule is CC(C)CCOc1ccc(CCl)cc1[N+](=O)[O-]. The zero-order valence-corrected chi connectivity index (χ0v) is 10.7. The molecular formula is C12H16ClNO3. The molecule has 1 aromatic rings. The van der Waals surface area contributed by atoms with E-state index >= 15 is 0 Å². The third-order valence-corrected chi connectivity index (χ3v) is 2.64. The maximum atomic E-state index is 10.9. The lowest BCUT2D eigenvalue weighted by atomic mass is 10.1. The summed E-state index contributed by atoms with van der Waals surface area (Å²) in [5.74, 6) is 1.08. The number of halogens is 1. The summed E-state index contributed by atoms with van der Waals surface area (Å²) in [4.78, 5) is 10.4. The third-order valence-electron chi connectivity index (χ3n) is 2.33. The molecule has 0 fully saturated rings. The highest BCUT2D eigenvalue weighted by atomic mass is 35.5. The van der Waals surface area contributed by atoms with Crippen LogP contribution in [0.15, 0.2) is 18.2 Å². The van der Waals surface area contributed by atoms with Crippen molar-refractivity contribution in [3.8, 4) is 5.75 Å². The molecule has 0 amide bonds. The molecule has 0 N–H and O–H groups in total. The fourth-order valence-electron chi connectivity index (χ4n) is 1.32. The molecule has 0 radical (unpaired) electrons. The Labute approximate surface area is 106 Å². The molecule has 0 bridgehead atoms. The van der Waals surface area contributed by atoms with E-state index in [-0.39, 0.29) is 11.6 Å². The summed E-state index contributed by atoms with van der Waals surface area (Å²) in [6.07, 6.45) is 0.869. The second-order valence-corrected chi connectivity index (χ2v) is 4.49. The van der Waals surface area contributed by atoms with Gasteiger partial charge in [0.1, 0.15) is 0 Å². The number of hydrogen-bond acceptors (Lipinski definition) is 3. The summed E-state index contributed by atoms with van der Waals surface area (Å²) in [5, 5.41) is 10.9. The summed E-state index contributed by atoms with van der Waals surface area (Å²) >= 11 is 5.64. The number of nitrogens with zero attached hydrogens (tertiary/aromatic N) is 1. The first-order valence-electron chi connectivity index (χ1n) is 5.50. The summed E-state index contributed by atoms with van der Waals surface area (Å²) in [6.45, 7) is 4.64. The van der Waals surface area contributed by atoms with Crippen LogP contribution in [0.3, 0.4) is 0 Å². The first kappa shape index (κ1) is 13.8. The number of rotatable bonds is 6. The van der Waals surface area contributed by atoms with Gasteiger partial charge in [-0.25, -0.2) is 0 Å². The highest BCUT2D eigenvalue weighted by molar-refractivity contribution is 6.17. The Morgan fingerprint density at radius 2 is 2.18 bits per heavy atom. The van der Waals surface area contributed by atoms with Gasteiger partial charge in [-0.3, -0.25) is 10.1 Å². The maximum Gasteiger partial charge on any atom is 0.311 e. The Morgan fingerprint density at radius 3 is 2.71 bits per heavy atom. The molecule has 0 heterocycles. The summed E-state index contributed by atoms with van der Waals surface area (Å²) in [7, 11) is 0. The summed E-state index contributed by atoms with van der Waals surface area (Å²) < 4.78 is 5.42. The second-order valence-electron chi connectivity index (χ2n) is 4.22. The standard InChI is InChI=1S/C12H16ClNO3/c1-9(2)5-6-17-12-4-3-10(8-13)7-11(12)14(15)16/h3-4,7,9H,5-6,8H2,1-2H3. The molecule has 4 nitrogen and oxygen atoms in total. The van der Waals surface area contributed by atoms with Gasteiger partial charge in [-0.2, -0.15) is 0 Å².